The zero-order valence-corrected chi connectivity index (χ0v) is 33.3. The molecule has 0 radical (unpaired) electrons. The largest absolute Gasteiger partial charge is 0.379 e. The Bertz CT molecular complexity index is 1060. The third-order valence-corrected chi connectivity index (χ3v) is 10.9. The van der Waals surface area contributed by atoms with Crippen LogP contribution in [0.15, 0.2) is 0 Å². The topological polar surface area (TPSA) is 136 Å². The lowest BCUT2D eigenvalue weighted by Gasteiger charge is -2.41. The monoisotopic (exact) mass is 710 g/mol. The summed E-state index contributed by atoms with van der Waals surface area (Å²) in [6.45, 7) is 19.7. The molecule has 4 amide bonds. The van der Waals surface area contributed by atoms with Crippen LogP contribution in [0.3, 0.4) is 0 Å². The van der Waals surface area contributed by atoms with Gasteiger partial charge in [0.2, 0.25) is 23.6 Å². The van der Waals surface area contributed by atoms with Crippen LogP contribution in [0.4, 0.5) is 0 Å². The van der Waals surface area contributed by atoms with Gasteiger partial charge < -0.3 is 35.2 Å². The summed E-state index contributed by atoms with van der Waals surface area (Å²) in [7, 11) is 8.69. The molecule has 3 N–H and O–H groups in total. The van der Waals surface area contributed by atoms with E-state index in [0.29, 0.717) is 13.1 Å². The fourth-order valence-corrected chi connectivity index (χ4v) is 7.84. The molecule has 1 unspecified atom stereocenters. The number of carbonyl (C=O) groups is 4. The summed E-state index contributed by atoms with van der Waals surface area (Å²) < 4.78 is 12.0. The second-order valence-electron chi connectivity index (χ2n) is 15.4. The van der Waals surface area contributed by atoms with E-state index < -0.39 is 30.2 Å². The molecule has 0 aliphatic carbocycles. The minimum atomic E-state index is -0.733. The number of amides is 4. The van der Waals surface area contributed by atoms with Crippen LogP contribution >= 0.6 is 0 Å². The van der Waals surface area contributed by atoms with E-state index >= 15 is 0 Å². The predicted molar refractivity (Wildman–Crippen MR) is 198 cm³/mol. The first-order valence-corrected chi connectivity index (χ1v) is 18.9. The Morgan fingerprint density at radius 3 is 2.06 bits per heavy atom. The van der Waals surface area contributed by atoms with Crippen LogP contribution in [0.25, 0.3) is 0 Å². The maximum absolute atomic E-state index is 14.2. The molecule has 2 aliphatic rings. The van der Waals surface area contributed by atoms with Crippen molar-refractivity contribution >= 4 is 23.6 Å². The van der Waals surface area contributed by atoms with Crippen molar-refractivity contribution in [2.45, 2.75) is 111 Å². The summed E-state index contributed by atoms with van der Waals surface area (Å²) >= 11 is 0. The van der Waals surface area contributed by atoms with Gasteiger partial charge >= 0.3 is 0 Å². The number of methoxy groups -OCH3 is 2. The van der Waals surface area contributed by atoms with Crippen molar-refractivity contribution in [1.29, 1.82) is 0 Å². The quantitative estimate of drug-likeness (QED) is 0.173. The summed E-state index contributed by atoms with van der Waals surface area (Å²) in [6, 6.07) is -1.76. The lowest BCUT2D eigenvalue weighted by molar-refractivity contribution is -0.148. The number of rotatable bonds is 20. The van der Waals surface area contributed by atoms with Gasteiger partial charge in [0.1, 0.15) is 6.04 Å². The van der Waals surface area contributed by atoms with Crippen molar-refractivity contribution in [3.05, 3.63) is 0 Å². The highest BCUT2D eigenvalue weighted by molar-refractivity contribution is 5.90. The summed E-state index contributed by atoms with van der Waals surface area (Å²) in [5.41, 5.74) is 0. The maximum Gasteiger partial charge on any atom is 0.245 e. The smallest absolute Gasteiger partial charge is 0.245 e. The standard InChI is InChI=1S/C37H71N7O6/c1-13-26(6)33(42(10)37(48)31(24(2)3)40-36(47)32(25(4)5)41(8)9)29(49-11)23-30(45)44-19-14-15-28(44)34(50-12)27(7)35(46)39-18-22-43-20-16-38-17-21-43/h24-29,31-34,38H,13-23H2,1-12H3,(H,39,46)(H,40,47)/t26-,27+,28-,29-,31-,32-,33-,34?/m0/s1. The van der Waals surface area contributed by atoms with Crippen LogP contribution in [-0.2, 0) is 28.7 Å². The molecule has 290 valence electrons. The first kappa shape index (κ1) is 43.8. The van der Waals surface area contributed by atoms with Gasteiger partial charge in [0.25, 0.3) is 0 Å². The zero-order chi connectivity index (χ0) is 37.7. The highest BCUT2D eigenvalue weighted by Gasteiger charge is 2.43. The van der Waals surface area contributed by atoms with Crippen LogP contribution in [-0.4, -0.2) is 161 Å². The molecule has 2 heterocycles. The molecule has 2 saturated heterocycles. The van der Waals surface area contributed by atoms with Gasteiger partial charge in [-0.2, -0.15) is 0 Å². The third-order valence-electron chi connectivity index (χ3n) is 10.9. The van der Waals surface area contributed by atoms with E-state index in [1.54, 1.807) is 26.2 Å². The minimum absolute atomic E-state index is 0.0152. The van der Waals surface area contributed by atoms with Gasteiger partial charge in [0.15, 0.2) is 0 Å². The molecular weight excluding hydrogens is 638 g/mol. The second kappa shape index (κ2) is 21.3. The average molecular weight is 710 g/mol. The van der Waals surface area contributed by atoms with Gasteiger partial charge in [-0.15, -0.1) is 0 Å². The number of hydrogen-bond acceptors (Lipinski definition) is 9. The first-order valence-electron chi connectivity index (χ1n) is 18.9. The van der Waals surface area contributed by atoms with E-state index in [-0.39, 0.29) is 59.9 Å². The van der Waals surface area contributed by atoms with Crippen LogP contribution < -0.4 is 16.0 Å². The minimum Gasteiger partial charge on any atom is -0.379 e. The Kier molecular flexibility index (Phi) is 18.6. The molecule has 0 aromatic heterocycles. The highest BCUT2D eigenvalue weighted by atomic mass is 16.5. The molecule has 0 aromatic carbocycles. The number of likely N-dealkylation sites (tertiary alicyclic amines) is 1. The fourth-order valence-electron chi connectivity index (χ4n) is 7.84. The molecule has 2 rings (SSSR count). The van der Waals surface area contributed by atoms with Gasteiger partial charge in [0, 0.05) is 67.1 Å². The highest BCUT2D eigenvalue weighted by Crippen LogP contribution is 2.29. The van der Waals surface area contributed by atoms with E-state index in [0.717, 1.165) is 52.0 Å². The first-order chi connectivity index (χ1) is 23.6. The Labute approximate surface area is 302 Å². The molecule has 13 heteroatoms. The van der Waals surface area contributed by atoms with E-state index in [1.807, 2.05) is 58.5 Å². The molecule has 2 aliphatic heterocycles. The van der Waals surface area contributed by atoms with Crippen LogP contribution in [0.1, 0.15) is 74.1 Å². The van der Waals surface area contributed by atoms with Crippen molar-refractivity contribution in [3.63, 3.8) is 0 Å². The zero-order valence-electron chi connectivity index (χ0n) is 33.3. The summed E-state index contributed by atoms with van der Waals surface area (Å²) in [4.78, 5) is 62.7. The van der Waals surface area contributed by atoms with E-state index in [4.69, 9.17) is 9.47 Å². The number of likely N-dealkylation sites (N-methyl/N-ethyl adjacent to an activating group) is 2. The Morgan fingerprint density at radius 2 is 1.54 bits per heavy atom. The van der Waals surface area contributed by atoms with E-state index in [2.05, 4.69) is 34.7 Å². The lowest BCUT2D eigenvalue weighted by atomic mass is 9.89. The molecule has 13 nitrogen and oxygen atoms in total. The number of hydrogen-bond donors (Lipinski definition) is 3. The SMILES string of the molecule is CC[C@H](C)[C@@H]([C@H](CC(=O)N1CCC[C@H]1C(OC)[C@@H](C)C(=O)NCCN1CCNCC1)OC)N(C)C(=O)[C@@H](NC(=O)[C@H](C(C)C)N(C)C)C(C)C. The third kappa shape index (κ3) is 11.9. The molecule has 0 saturated carbocycles. The van der Waals surface area contributed by atoms with Gasteiger partial charge in [-0.25, -0.2) is 0 Å². The van der Waals surface area contributed by atoms with Gasteiger partial charge in [-0.05, 0) is 44.7 Å². The fraction of sp³-hybridized carbons (Fsp3) is 0.892. The van der Waals surface area contributed by atoms with Gasteiger partial charge in [0.05, 0.1) is 42.7 Å². The van der Waals surface area contributed by atoms with Crippen LogP contribution in [0.2, 0.25) is 0 Å². The molecule has 2 fully saturated rings. The molecular formula is C37H71N7O6. The van der Waals surface area contributed by atoms with Crippen molar-refractivity contribution in [3.8, 4) is 0 Å². The molecule has 0 aromatic rings. The molecule has 0 bridgehead atoms. The van der Waals surface area contributed by atoms with Crippen LogP contribution in [0.5, 0.6) is 0 Å². The van der Waals surface area contributed by atoms with E-state index in [1.165, 1.54) is 0 Å². The number of carbonyl (C=O) groups excluding carboxylic acids is 4. The van der Waals surface area contributed by atoms with E-state index in [9.17, 15) is 19.2 Å². The summed E-state index contributed by atoms with van der Waals surface area (Å²) in [6.07, 6.45) is 1.38. The number of nitrogens with zero attached hydrogens (tertiary/aromatic N) is 4. The normalized spacial score (nSPS) is 21.4. The Balaban J connectivity index is 2.19. The number of nitrogens with one attached hydrogen (secondary N) is 3. The Morgan fingerprint density at radius 1 is 0.900 bits per heavy atom. The molecule has 8 atom stereocenters. The van der Waals surface area contributed by atoms with Crippen molar-refractivity contribution in [2.75, 3.05) is 81.2 Å². The van der Waals surface area contributed by atoms with Crippen molar-refractivity contribution in [1.82, 2.24) is 35.6 Å². The lowest BCUT2D eigenvalue weighted by Crippen LogP contribution is -2.59. The summed E-state index contributed by atoms with van der Waals surface area (Å²) in [5, 5.41) is 9.48. The van der Waals surface area contributed by atoms with Gasteiger partial charge in [-0.1, -0.05) is 54.9 Å². The predicted octanol–water partition coefficient (Wildman–Crippen LogP) is 1.66. The van der Waals surface area contributed by atoms with Crippen molar-refractivity contribution < 1.29 is 28.7 Å². The summed E-state index contributed by atoms with van der Waals surface area (Å²) in [5.74, 6) is -1.06. The average Bonchev–Trinajstić information content (AvgIpc) is 3.56. The van der Waals surface area contributed by atoms with Gasteiger partial charge in [-0.3, -0.25) is 29.0 Å². The van der Waals surface area contributed by atoms with Crippen LogP contribution in [0, 0.1) is 23.7 Å². The van der Waals surface area contributed by atoms with Crippen molar-refractivity contribution in [2.24, 2.45) is 23.7 Å². The number of ether oxygens (including phenoxy) is 2. The maximum atomic E-state index is 14.2. The molecule has 0 spiro atoms. The second-order valence-corrected chi connectivity index (χ2v) is 15.4. The Hall–Kier alpha value is -2.32. The number of piperazine rings is 1. The molecule has 50 heavy (non-hydrogen) atoms.